The van der Waals surface area contributed by atoms with Crippen LogP contribution in [0.3, 0.4) is 0 Å². The Balaban J connectivity index is 1.05. The topological polar surface area (TPSA) is 69.9 Å². The van der Waals surface area contributed by atoms with E-state index in [1.807, 2.05) is 36.4 Å². The van der Waals surface area contributed by atoms with Crippen molar-refractivity contribution in [2.24, 2.45) is 0 Å². The van der Waals surface area contributed by atoms with Crippen molar-refractivity contribution in [2.75, 3.05) is 0 Å². The van der Waals surface area contributed by atoms with Gasteiger partial charge in [-0.3, -0.25) is 0 Å². The van der Waals surface area contributed by atoms with Crippen LogP contribution in [0.2, 0.25) is 0 Å². The second-order valence-electron chi connectivity index (χ2n) is 18.7. The van der Waals surface area contributed by atoms with Gasteiger partial charge in [-0.2, -0.15) is 0 Å². The first-order chi connectivity index (χ1) is 32.4. The predicted octanol–water partition coefficient (Wildman–Crippen LogP) is -3.98. The maximum Gasteiger partial charge on any atom is 0.164 e. The van der Waals surface area contributed by atoms with E-state index in [2.05, 4.69) is 168 Å². The zero-order valence-electron chi connectivity index (χ0n) is 39.7. The number of aromatic nitrogens is 4. The Morgan fingerprint density at radius 3 is 1.48 bits per heavy atom. The molecule has 0 atom stereocenters. The minimum absolute atomic E-state index is 0.583. The average Bonchev–Trinajstić information content (AvgIpc) is 4.06. The van der Waals surface area contributed by atoms with Crippen molar-refractivity contribution < 1.29 is 8.83 Å². The van der Waals surface area contributed by atoms with E-state index in [9.17, 15) is 0 Å². The quantitative estimate of drug-likeness (QED) is 0.166. The van der Waals surface area contributed by atoms with Crippen molar-refractivity contribution in [1.29, 1.82) is 0 Å². The Bertz CT molecular complexity index is 4100. The Hall–Kier alpha value is -7.18. The summed E-state index contributed by atoms with van der Waals surface area (Å²) in [5.41, 5.74) is 24.9. The normalized spacial score (nSPS) is 11.9. The summed E-state index contributed by atoms with van der Waals surface area (Å²) in [6, 6.07) is 41.9. The van der Waals surface area contributed by atoms with Crippen LogP contribution in [-0.4, -0.2) is 98.0 Å². The van der Waals surface area contributed by atoms with Gasteiger partial charge in [0.2, 0.25) is 0 Å². The number of furan rings is 2. The molecule has 6 nitrogen and oxygen atoms in total. The largest absolute Gasteiger partial charge is 0.456 e. The minimum Gasteiger partial charge on any atom is -0.456 e. The van der Waals surface area contributed by atoms with Crippen LogP contribution in [0.15, 0.2) is 130 Å². The van der Waals surface area contributed by atoms with E-state index in [0.29, 0.717) is 17.5 Å². The molecule has 0 aliphatic carbocycles. The highest BCUT2D eigenvalue weighted by molar-refractivity contribution is 6.71. The molecule has 0 radical (unpaired) electrons. The smallest absolute Gasteiger partial charge is 0.164 e. The molecule has 306 valence electrons. The first kappa shape index (κ1) is 41.3. The van der Waals surface area contributed by atoms with Crippen LogP contribution in [0.4, 0.5) is 0 Å². The molecule has 0 aliphatic rings. The maximum absolute atomic E-state index is 7.18. The molecule has 4 heterocycles. The van der Waals surface area contributed by atoms with Gasteiger partial charge in [-0.25, -0.2) is 15.0 Å². The number of rotatable bonds is 5. The number of benzene rings is 8. The van der Waals surface area contributed by atoms with Gasteiger partial charge in [-0.15, -0.1) is 10.9 Å². The van der Waals surface area contributed by atoms with Crippen LogP contribution < -0.4 is 54.6 Å². The number of hydrogen-bond acceptors (Lipinski definition) is 5. The SMILES string of the molecule is Bc1c(B)c(B)c2c(oc3c2c(B)c(B)c2c3c3c(B)c(B)c(B)c(B)c3n2-c2ccc3oc4cc(-c5nc(-c6ccccc6)nc(-c6ccc(-c7ccccc7)cc6)n5)ccc4c3c2)c1B. The zero-order chi connectivity index (χ0) is 46.2. The third kappa shape index (κ3) is 6.07. The lowest BCUT2D eigenvalue weighted by molar-refractivity contribution is 0.669. The van der Waals surface area contributed by atoms with Crippen LogP contribution in [-0.2, 0) is 0 Å². The van der Waals surface area contributed by atoms with Crippen LogP contribution >= 0.6 is 0 Å². The summed E-state index contributed by atoms with van der Waals surface area (Å²) >= 11 is 0. The Kier molecular flexibility index (Phi) is 9.35. The number of hydrogen-bond donors (Lipinski definition) is 0. The van der Waals surface area contributed by atoms with Gasteiger partial charge in [0.25, 0.3) is 0 Å². The molecular weight excluding hydrogens is 809 g/mol. The first-order valence-electron chi connectivity index (χ1n) is 23.2. The lowest BCUT2D eigenvalue weighted by Gasteiger charge is -2.16. The Morgan fingerprint density at radius 1 is 0.328 bits per heavy atom. The van der Waals surface area contributed by atoms with Gasteiger partial charge in [0, 0.05) is 54.8 Å². The summed E-state index contributed by atoms with van der Waals surface area (Å²) < 4.78 is 16.4. The zero-order valence-corrected chi connectivity index (χ0v) is 39.7. The lowest BCUT2D eigenvalue weighted by Crippen LogP contribution is -2.48. The molecule has 0 saturated carbocycles. The van der Waals surface area contributed by atoms with E-state index in [1.165, 1.54) is 87.2 Å². The second kappa shape index (κ2) is 15.2. The molecule has 8 aromatic carbocycles. The molecule has 0 spiro atoms. The van der Waals surface area contributed by atoms with Crippen LogP contribution in [0, 0.1) is 0 Å². The Labute approximate surface area is 397 Å². The van der Waals surface area contributed by atoms with E-state index in [4.69, 9.17) is 23.8 Å². The number of nitrogens with zero attached hydrogens (tertiary/aromatic N) is 4. The standard InChI is InChI=1S/C51H40B10N4O2/c52-35-31-34-46(42(59)37(54)32-33-36(53)39(56)41(58)44(61)48(33)67-47(32)34)65(45(31)43(60)40(57)38(35)55)26-16-18-29-28(20-26)27-17-15-25(19-30(27)66-29)51-63-49(23-9-5-2-6-10-23)62-50(64-51)24-13-11-22(12-14-24)21-7-3-1-4-8-21/h1-20H,52-61H2. The van der Waals surface area contributed by atoms with Crippen molar-refractivity contribution in [2.45, 2.75) is 0 Å². The summed E-state index contributed by atoms with van der Waals surface area (Å²) in [4.78, 5) is 15.1. The minimum atomic E-state index is 0.583. The molecule has 0 aliphatic heterocycles. The molecule has 4 aromatic heterocycles. The van der Waals surface area contributed by atoms with Gasteiger partial charge in [0.05, 0.1) is 10.9 Å². The second-order valence-corrected chi connectivity index (χ2v) is 18.7. The molecular formula is C51H40B10N4O2. The van der Waals surface area contributed by atoms with Gasteiger partial charge in [0.15, 0.2) is 17.5 Å². The molecule has 67 heavy (non-hydrogen) atoms. The van der Waals surface area contributed by atoms with Crippen molar-refractivity contribution in [3.8, 4) is 51.0 Å². The van der Waals surface area contributed by atoms with Crippen LogP contribution in [0.1, 0.15) is 0 Å². The van der Waals surface area contributed by atoms with E-state index >= 15 is 0 Å². The first-order valence-corrected chi connectivity index (χ1v) is 23.2. The van der Waals surface area contributed by atoms with Crippen molar-refractivity contribution in [1.82, 2.24) is 19.5 Å². The predicted molar refractivity (Wildman–Crippen MR) is 312 cm³/mol. The van der Waals surface area contributed by atoms with E-state index < -0.39 is 0 Å². The molecule has 12 rings (SSSR count). The molecule has 12 aromatic rings. The molecule has 0 amide bonds. The highest BCUT2D eigenvalue weighted by Crippen LogP contribution is 2.39. The molecule has 0 N–H and O–H groups in total. The van der Waals surface area contributed by atoms with Gasteiger partial charge in [-0.1, -0.05) is 135 Å². The molecule has 0 saturated heterocycles. The maximum atomic E-state index is 7.18. The molecule has 0 bridgehead atoms. The monoisotopic (exact) mass is 850 g/mol. The van der Waals surface area contributed by atoms with Crippen molar-refractivity contribution in [3.05, 3.63) is 121 Å². The van der Waals surface area contributed by atoms with Gasteiger partial charge < -0.3 is 13.4 Å². The summed E-state index contributed by atoms with van der Waals surface area (Å²) in [5.74, 6) is 1.81. The van der Waals surface area contributed by atoms with Gasteiger partial charge in [-0.05, 0) is 41.5 Å². The van der Waals surface area contributed by atoms with E-state index in [-0.39, 0.29) is 0 Å². The van der Waals surface area contributed by atoms with Gasteiger partial charge in [0.1, 0.15) is 101 Å². The van der Waals surface area contributed by atoms with E-state index in [0.717, 1.165) is 66.6 Å². The third-order valence-electron chi connectivity index (χ3n) is 15.3. The number of fused-ring (bicyclic) bond motifs is 10. The Morgan fingerprint density at radius 2 is 0.806 bits per heavy atom. The molecule has 0 unspecified atom stereocenters. The van der Waals surface area contributed by atoms with Crippen molar-refractivity contribution in [3.63, 3.8) is 0 Å². The fourth-order valence-electron chi connectivity index (χ4n) is 10.8. The highest BCUT2D eigenvalue weighted by Gasteiger charge is 2.28. The molecule has 0 fully saturated rings. The lowest BCUT2D eigenvalue weighted by atomic mass is 9.64. The van der Waals surface area contributed by atoms with Crippen LogP contribution in [0.5, 0.6) is 0 Å². The van der Waals surface area contributed by atoms with E-state index in [1.54, 1.807) is 0 Å². The summed E-state index contributed by atoms with van der Waals surface area (Å²) in [7, 11) is 22.6. The summed E-state index contributed by atoms with van der Waals surface area (Å²) in [6.07, 6.45) is 0. The van der Waals surface area contributed by atoms with Gasteiger partial charge >= 0.3 is 0 Å². The fourth-order valence-corrected chi connectivity index (χ4v) is 10.8. The van der Waals surface area contributed by atoms with Crippen LogP contribution in [0.25, 0.3) is 117 Å². The molecule has 16 heteroatoms. The average molecular weight is 849 g/mol. The fraction of sp³-hybridized carbons (Fsp3) is 0. The van der Waals surface area contributed by atoms with Crippen molar-refractivity contribution >= 4 is 199 Å². The highest BCUT2D eigenvalue weighted by atomic mass is 16.3. The summed E-state index contributed by atoms with van der Waals surface area (Å²) in [5, 5.41) is 6.98. The third-order valence-corrected chi connectivity index (χ3v) is 15.3. The summed E-state index contributed by atoms with van der Waals surface area (Å²) in [6.45, 7) is 0.